The molecule has 1 heterocycles. The molecular weight excluding hydrogens is 364 g/mol. The number of aryl methyl sites for hydroxylation is 3. The molecule has 7 heteroatoms. The van der Waals surface area contributed by atoms with E-state index >= 15 is 0 Å². The van der Waals surface area contributed by atoms with Crippen LogP contribution in [0.2, 0.25) is 0 Å². The topological polar surface area (TPSA) is 75.7 Å². The molecule has 0 saturated carbocycles. The van der Waals surface area contributed by atoms with Crippen molar-refractivity contribution in [1.29, 1.82) is 0 Å². The molecule has 1 amide bonds. The summed E-state index contributed by atoms with van der Waals surface area (Å²) in [5.41, 5.74) is 3.86. The van der Waals surface area contributed by atoms with Gasteiger partial charge in [0.1, 0.15) is 5.75 Å². The van der Waals surface area contributed by atoms with Crippen molar-refractivity contribution in [2.75, 3.05) is 23.3 Å². The number of amides is 1. The second kappa shape index (κ2) is 7.23. The predicted molar refractivity (Wildman–Crippen MR) is 106 cm³/mol. The van der Waals surface area contributed by atoms with Crippen LogP contribution in [-0.4, -0.2) is 28.0 Å². The Morgan fingerprint density at radius 1 is 1.07 bits per heavy atom. The minimum absolute atomic E-state index is 0.0268. The number of sulfonamides is 1. The van der Waals surface area contributed by atoms with E-state index in [1.54, 1.807) is 11.0 Å². The lowest BCUT2D eigenvalue weighted by molar-refractivity contribution is -0.117. The number of benzene rings is 2. The summed E-state index contributed by atoms with van der Waals surface area (Å²) in [7, 11) is -2.30. The van der Waals surface area contributed by atoms with Crippen molar-refractivity contribution in [3.63, 3.8) is 0 Å². The van der Waals surface area contributed by atoms with Gasteiger partial charge in [0.15, 0.2) is 0 Å². The van der Waals surface area contributed by atoms with Crippen molar-refractivity contribution in [3.8, 4) is 5.75 Å². The summed E-state index contributed by atoms with van der Waals surface area (Å²) in [6, 6.07) is 8.46. The Morgan fingerprint density at radius 3 is 2.30 bits per heavy atom. The Balaban J connectivity index is 2.01. The Hall–Kier alpha value is -2.54. The minimum Gasteiger partial charge on any atom is -0.495 e. The van der Waals surface area contributed by atoms with Crippen LogP contribution in [0.3, 0.4) is 0 Å². The Kier molecular flexibility index (Phi) is 5.15. The number of anilines is 2. The van der Waals surface area contributed by atoms with Gasteiger partial charge in [0, 0.05) is 13.0 Å². The molecule has 1 saturated heterocycles. The number of carbonyl (C=O) groups is 1. The predicted octanol–water partition coefficient (Wildman–Crippen LogP) is 3.55. The Bertz CT molecular complexity index is 976. The van der Waals surface area contributed by atoms with E-state index in [9.17, 15) is 13.2 Å². The maximum atomic E-state index is 13.0. The van der Waals surface area contributed by atoms with E-state index in [0.717, 1.165) is 23.1 Å². The molecule has 0 aliphatic carbocycles. The molecule has 1 fully saturated rings. The molecule has 2 aromatic rings. The number of hydrogen-bond acceptors (Lipinski definition) is 4. The molecule has 0 atom stereocenters. The first-order valence-electron chi connectivity index (χ1n) is 8.82. The number of nitrogens with zero attached hydrogens (tertiary/aromatic N) is 1. The zero-order valence-corrected chi connectivity index (χ0v) is 16.8. The smallest absolute Gasteiger partial charge is 0.261 e. The molecule has 0 unspecified atom stereocenters. The molecule has 2 aromatic carbocycles. The largest absolute Gasteiger partial charge is 0.495 e. The van der Waals surface area contributed by atoms with Crippen molar-refractivity contribution >= 4 is 27.3 Å². The summed E-state index contributed by atoms with van der Waals surface area (Å²) in [6.45, 7) is 6.28. The monoisotopic (exact) mass is 388 g/mol. The molecule has 0 spiro atoms. The van der Waals surface area contributed by atoms with Crippen LogP contribution in [0.1, 0.15) is 29.5 Å². The third kappa shape index (κ3) is 3.78. The molecule has 1 N–H and O–H groups in total. The van der Waals surface area contributed by atoms with E-state index in [1.165, 1.54) is 19.2 Å². The normalized spacial score (nSPS) is 14.5. The molecule has 3 rings (SSSR count). The van der Waals surface area contributed by atoms with Crippen molar-refractivity contribution in [1.82, 2.24) is 0 Å². The van der Waals surface area contributed by atoms with Gasteiger partial charge in [-0.1, -0.05) is 17.7 Å². The highest BCUT2D eigenvalue weighted by Gasteiger charge is 2.27. The maximum Gasteiger partial charge on any atom is 0.261 e. The van der Waals surface area contributed by atoms with Crippen molar-refractivity contribution in [2.45, 2.75) is 38.5 Å². The summed E-state index contributed by atoms with van der Waals surface area (Å²) in [4.78, 5) is 13.8. The highest BCUT2D eigenvalue weighted by Crippen LogP contribution is 2.34. The number of rotatable bonds is 5. The van der Waals surface area contributed by atoms with E-state index in [0.29, 0.717) is 30.1 Å². The van der Waals surface area contributed by atoms with Crippen LogP contribution in [0.15, 0.2) is 35.2 Å². The molecule has 27 heavy (non-hydrogen) atoms. The van der Waals surface area contributed by atoms with Gasteiger partial charge in [-0.3, -0.25) is 9.52 Å². The third-order valence-corrected chi connectivity index (χ3v) is 6.09. The molecule has 6 nitrogen and oxygen atoms in total. The Labute approximate surface area is 160 Å². The summed E-state index contributed by atoms with van der Waals surface area (Å²) < 4.78 is 34.0. The van der Waals surface area contributed by atoms with Gasteiger partial charge in [0.2, 0.25) is 5.91 Å². The molecule has 0 bridgehead atoms. The van der Waals surface area contributed by atoms with E-state index in [-0.39, 0.29) is 10.8 Å². The molecule has 144 valence electrons. The van der Waals surface area contributed by atoms with Gasteiger partial charge in [-0.05, 0) is 56.5 Å². The lowest BCUT2D eigenvalue weighted by Crippen LogP contribution is -2.25. The number of nitrogens with one attached hydrogen (secondary N) is 1. The fraction of sp³-hybridized carbons (Fsp3) is 0.350. The fourth-order valence-electron chi connectivity index (χ4n) is 3.49. The van der Waals surface area contributed by atoms with E-state index in [2.05, 4.69) is 4.72 Å². The second-order valence-electron chi connectivity index (χ2n) is 6.86. The number of ether oxygens (including phenoxy) is 1. The molecule has 1 aliphatic heterocycles. The highest BCUT2D eigenvalue weighted by atomic mass is 32.2. The quantitative estimate of drug-likeness (QED) is 0.850. The number of carbonyl (C=O) groups excluding carboxylic acids is 1. The van der Waals surface area contributed by atoms with Crippen molar-refractivity contribution in [2.24, 2.45) is 0 Å². The van der Waals surface area contributed by atoms with E-state index in [1.807, 2.05) is 32.9 Å². The van der Waals surface area contributed by atoms with Crippen LogP contribution in [0.5, 0.6) is 5.75 Å². The van der Waals surface area contributed by atoms with Crippen LogP contribution in [0.25, 0.3) is 0 Å². The zero-order chi connectivity index (χ0) is 19.8. The van der Waals surface area contributed by atoms with E-state index < -0.39 is 10.0 Å². The van der Waals surface area contributed by atoms with Gasteiger partial charge in [0.05, 0.1) is 23.4 Å². The maximum absolute atomic E-state index is 13.0. The molecular formula is C20H24N2O4S. The zero-order valence-electron chi connectivity index (χ0n) is 16.0. The summed E-state index contributed by atoms with van der Waals surface area (Å²) >= 11 is 0. The standard InChI is InChI=1S/C20H24N2O4S/c1-13-10-14(2)20(15(3)11-13)21-27(24,25)16-7-8-18(26-4)17(12-16)22-9-5-6-19(22)23/h7-8,10-12,21H,5-6,9H2,1-4H3. The summed E-state index contributed by atoms with van der Waals surface area (Å²) in [5, 5.41) is 0. The molecule has 0 radical (unpaired) electrons. The van der Waals surface area contributed by atoms with Gasteiger partial charge >= 0.3 is 0 Å². The van der Waals surface area contributed by atoms with Gasteiger partial charge in [0.25, 0.3) is 10.0 Å². The molecule has 0 aromatic heterocycles. The van der Waals surface area contributed by atoms with Crippen molar-refractivity contribution < 1.29 is 17.9 Å². The van der Waals surface area contributed by atoms with Crippen LogP contribution >= 0.6 is 0 Å². The summed E-state index contributed by atoms with van der Waals surface area (Å²) in [6.07, 6.45) is 1.21. The second-order valence-corrected chi connectivity index (χ2v) is 8.54. The van der Waals surface area contributed by atoms with E-state index in [4.69, 9.17) is 4.74 Å². The summed E-state index contributed by atoms with van der Waals surface area (Å²) in [5.74, 6) is 0.452. The van der Waals surface area contributed by atoms with Crippen LogP contribution < -0.4 is 14.4 Å². The minimum atomic E-state index is -3.81. The van der Waals surface area contributed by atoms with Crippen LogP contribution in [0.4, 0.5) is 11.4 Å². The average Bonchev–Trinajstić information content (AvgIpc) is 3.03. The van der Waals surface area contributed by atoms with Crippen molar-refractivity contribution in [3.05, 3.63) is 47.0 Å². The van der Waals surface area contributed by atoms with Crippen LogP contribution in [-0.2, 0) is 14.8 Å². The Morgan fingerprint density at radius 2 is 1.74 bits per heavy atom. The average molecular weight is 388 g/mol. The third-order valence-electron chi connectivity index (χ3n) is 4.74. The SMILES string of the molecule is COc1ccc(S(=O)(=O)Nc2c(C)cc(C)cc2C)cc1N1CCCC1=O. The lowest BCUT2D eigenvalue weighted by Gasteiger charge is -2.20. The first kappa shape index (κ1) is 19.2. The van der Waals surface area contributed by atoms with Gasteiger partial charge in [-0.25, -0.2) is 8.42 Å². The highest BCUT2D eigenvalue weighted by molar-refractivity contribution is 7.92. The first-order valence-corrected chi connectivity index (χ1v) is 10.3. The van der Waals surface area contributed by atoms with Gasteiger partial charge < -0.3 is 9.64 Å². The number of methoxy groups -OCH3 is 1. The van der Waals surface area contributed by atoms with Gasteiger partial charge in [-0.2, -0.15) is 0 Å². The first-order chi connectivity index (χ1) is 12.7. The van der Waals surface area contributed by atoms with Crippen LogP contribution in [0, 0.1) is 20.8 Å². The number of hydrogen-bond donors (Lipinski definition) is 1. The molecule has 1 aliphatic rings. The van der Waals surface area contributed by atoms with Gasteiger partial charge in [-0.15, -0.1) is 0 Å². The fourth-order valence-corrected chi connectivity index (χ4v) is 4.71. The lowest BCUT2D eigenvalue weighted by atomic mass is 10.1.